The first-order chi connectivity index (χ1) is 7.66. The van der Waals surface area contributed by atoms with Crippen LogP contribution in [0.15, 0.2) is 10.8 Å². The molecule has 0 aromatic carbocycles. The van der Waals surface area contributed by atoms with Gasteiger partial charge in [-0.1, -0.05) is 13.8 Å². The highest BCUT2D eigenvalue weighted by molar-refractivity contribution is 9.10. The Morgan fingerprint density at radius 1 is 1.56 bits per heavy atom. The second kappa shape index (κ2) is 10.6. The molecule has 1 aromatic rings. The second-order valence-electron chi connectivity index (χ2n) is 2.19. The minimum Gasteiger partial charge on any atom is -0.462 e. The van der Waals surface area contributed by atoms with Crippen molar-refractivity contribution in [3.05, 3.63) is 16.4 Å². The minimum absolute atomic E-state index is 0.350. The summed E-state index contributed by atoms with van der Waals surface area (Å²) < 4.78 is 7.00. The average Bonchev–Trinajstić information content (AvgIpc) is 2.66. The summed E-state index contributed by atoms with van der Waals surface area (Å²) in [6.07, 6.45) is 1.47. The van der Waals surface area contributed by atoms with Crippen LogP contribution in [0.2, 0.25) is 0 Å². The van der Waals surface area contributed by atoms with E-state index in [-0.39, 0.29) is 5.97 Å². The summed E-state index contributed by atoms with van der Waals surface area (Å²) in [7, 11) is 2.74. The Bertz CT molecular complexity index is 300. The summed E-state index contributed by atoms with van der Waals surface area (Å²) in [6, 6.07) is 0. The Labute approximate surface area is 105 Å². The van der Waals surface area contributed by atoms with Crippen LogP contribution in [0.4, 0.5) is 0 Å². The number of rotatable bonds is 2. The fourth-order valence-electron chi connectivity index (χ4n) is 0.768. The Morgan fingerprint density at radius 2 is 2.06 bits per heavy atom. The van der Waals surface area contributed by atoms with Crippen LogP contribution in [0.3, 0.4) is 0 Å². The molecule has 5 nitrogen and oxygen atoms in total. The molecule has 0 aliphatic rings. The lowest BCUT2D eigenvalue weighted by atomic mass is 10.4. The molecule has 0 aliphatic carbocycles. The van der Waals surface area contributed by atoms with Crippen LogP contribution in [0.1, 0.15) is 31.1 Å². The number of esters is 1. The lowest BCUT2D eigenvalue weighted by Crippen LogP contribution is -2.04. The molecular formula is C10H19BrN2O3. The summed E-state index contributed by atoms with van der Waals surface area (Å²) in [5, 5.41) is 10.9. The first-order valence-corrected chi connectivity index (χ1v) is 5.75. The standard InChI is InChI=1S/C7H9BrN2O2.C2H6.CH4O/c1-3-12-7(11)5-4-9-10(2)6(5)8;2*1-2/h4H,3H2,1-2H3;1-2H3;2H,1H3. The number of aryl methyl sites for hydroxylation is 1. The highest BCUT2D eigenvalue weighted by Crippen LogP contribution is 2.15. The summed E-state index contributed by atoms with van der Waals surface area (Å²) in [5.74, 6) is -0.350. The molecule has 0 spiro atoms. The third-order valence-corrected chi connectivity index (χ3v) is 2.30. The van der Waals surface area contributed by atoms with Gasteiger partial charge in [0.2, 0.25) is 0 Å². The van der Waals surface area contributed by atoms with Gasteiger partial charge < -0.3 is 9.84 Å². The van der Waals surface area contributed by atoms with Crippen molar-refractivity contribution in [2.24, 2.45) is 7.05 Å². The number of halogens is 1. The molecule has 0 unspecified atom stereocenters. The van der Waals surface area contributed by atoms with E-state index in [4.69, 9.17) is 9.84 Å². The zero-order valence-electron chi connectivity index (χ0n) is 10.3. The number of ether oxygens (including phenoxy) is 1. The van der Waals surface area contributed by atoms with Crippen molar-refractivity contribution >= 4 is 21.9 Å². The summed E-state index contributed by atoms with van der Waals surface area (Å²) >= 11 is 3.22. The predicted octanol–water partition coefficient (Wildman–Crippen LogP) is 1.99. The maximum Gasteiger partial charge on any atom is 0.342 e. The summed E-state index contributed by atoms with van der Waals surface area (Å²) in [4.78, 5) is 11.2. The van der Waals surface area contributed by atoms with Gasteiger partial charge in [0, 0.05) is 14.2 Å². The van der Waals surface area contributed by atoms with Gasteiger partial charge in [-0.2, -0.15) is 5.10 Å². The Morgan fingerprint density at radius 3 is 2.38 bits per heavy atom. The first kappa shape index (κ1) is 17.5. The number of aliphatic hydroxyl groups is 1. The van der Waals surface area contributed by atoms with Crippen molar-refractivity contribution < 1.29 is 14.6 Å². The van der Waals surface area contributed by atoms with Crippen molar-refractivity contribution in [1.29, 1.82) is 0 Å². The fourth-order valence-corrected chi connectivity index (χ4v) is 1.12. The zero-order chi connectivity index (χ0) is 13.1. The van der Waals surface area contributed by atoms with E-state index < -0.39 is 0 Å². The lowest BCUT2D eigenvalue weighted by Gasteiger charge is -1.98. The monoisotopic (exact) mass is 294 g/mol. The van der Waals surface area contributed by atoms with Crippen LogP contribution in [0.25, 0.3) is 0 Å². The van der Waals surface area contributed by atoms with E-state index in [9.17, 15) is 4.79 Å². The van der Waals surface area contributed by atoms with Crippen molar-refractivity contribution in [1.82, 2.24) is 9.78 Å². The van der Waals surface area contributed by atoms with E-state index in [2.05, 4.69) is 21.0 Å². The van der Waals surface area contributed by atoms with E-state index in [1.807, 2.05) is 13.8 Å². The topological polar surface area (TPSA) is 64.3 Å². The van der Waals surface area contributed by atoms with Crippen molar-refractivity contribution in [2.45, 2.75) is 20.8 Å². The van der Waals surface area contributed by atoms with Gasteiger partial charge in [-0.3, -0.25) is 4.68 Å². The number of aromatic nitrogens is 2. The lowest BCUT2D eigenvalue weighted by molar-refractivity contribution is 0.0525. The minimum atomic E-state index is -0.350. The molecular weight excluding hydrogens is 276 g/mol. The van der Waals surface area contributed by atoms with Gasteiger partial charge in [0.05, 0.1) is 12.8 Å². The van der Waals surface area contributed by atoms with Gasteiger partial charge in [0.1, 0.15) is 10.2 Å². The highest BCUT2D eigenvalue weighted by atomic mass is 79.9. The average molecular weight is 295 g/mol. The molecule has 1 heterocycles. The van der Waals surface area contributed by atoms with E-state index in [0.717, 1.165) is 7.11 Å². The molecule has 0 radical (unpaired) electrons. The fraction of sp³-hybridized carbons (Fsp3) is 0.600. The molecule has 0 atom stereocenters. The third kappa shape index (κ3) is 5.27. The first-order valence-electron chi connectivity index (χ1n) is 4.96. The second-order valence-corrected chi connectivity index (χ2v) is 2.94. The molecule has 0 bridgehead atoms. The quantitative estimate of drug-likeness (QED) is 0.848. The Hall–Kier alpha value is -0.880. The Balaban J connectivity index is 0. The molecule has 0 fully saturated rings. The number of aliphatic hydroxyl groups excluding tert-OH is 1. The zero-order valence-corrected chi connectivity index (χ0v) is 11.9. The van der Waals surface area contributed by atoms with E-state index in [1.54, 1.807) is 18.7 Å². The molecule has 1 rings (SSSR count). The molecule has 0 saturated heterocycles. The van der Waals surface area contributed by atoms with Crippen LogP contribution in [-0.2, 0) is 11.8 Å². The van der Waals surface area contributed by atoms with Crippen LogP contribution in [-0.4, -0.2) is 34.6 Å². The van der Waals surface area contributed by atoms with Crippen LogP contribution < -0.4 is 0 Å². The number of hydrogen-bond acceptors (Lipinski definition) is 4. The molecule has 94 valence electrons. The van der Waals surface area contributed by atoms with Gasteiger partial charge in [0.15, 0.2) is 0 Å². The van der Waals surface area contributed by atoms with Gasteiger partial charge in [-0.25, -0.2) is 4.79 Å². The number of nitrogens with zero attached hydrogens (tertiary/aromatic N) is 2. The SMILES string of the molecule is CC.CCOC(=O)c1cnn(C)c1Br.CO. The third-order valence-electron chi connectivity index (χ3n) is 1.36. The van der Waals surface area contributed by atoms with Crippen molar-refractivity contribution in [3.63, 3.8) is 0 Å². The highest BCUT2D eigenvalue weighted by Gasteiger charge is 2.14. The van der Waals surface area contributed by atoms with Crippen LogP contribution in [0, 0.1) is 0 Å². The Kier molecular flexibility index (Phi) is 11.6. The molecule has 1 aromatic heterocycles. The maximum atomic E-state index is 11.2. The molecule has 16 heavy (non-hydrogen) atoms. The van der Waals surface area contributed by atoms with Gasteiger partial charge in [-0.05, 0) is 22.9 Å². The van der Waals surface area contributed by atoms with Gasteiger partial charge >= 0.3 is 5.97 Å². The predicted molar refractivity (Wildman–Crippen MR) is 66.4 cm³/mol. The van der Waals surface area contributed by atoms with Crippen molar-refractivity contribution in [2.75, 3.05) is 13.7 Å². The molecule has 0 aliphatic heterocycles. The maximum absolute atomic E-state index is 11.2. The van der Waals surface area contributed by atoms with Gasteiger partial charge in [-0.15, -0.1) is 0 Å². The van der Waals surface area contributed by atoms with Gasteiger partial charge in [0.25, 0.3) is 0 Å². The van der Waals surface area contributed by atoms with Crippen LogP contribution >= 0.6 is 15.9 Å². The summed E-state index contributed by atoms with van der Waals surface area (Å²) in [6.45, 7) is 6.14. The van der Waals surface area contributed by atoms with Crippen LogP contribution in [0.5, 0.6) is 0 Å². The number of hydrogen-bond donors (Lipinski definition) is 1. The van der Waals surface area contributed by atoms with E-state index in [1.165, 1.54) is 6.20 Å². The smallest absolute Gasteiger partial charge is 0.342 e. The summed E-state index contributed by atoms with van der Waals surface area (Å²) in [5.41, 5.74) is 0.458. The van der Waals surface area contributed by atoms with E-state index >= 15 is 0 Å². The molecule has 0 amide bonds. The molecule has 0 saturated carbocycles. The number of carbonyl (C=O) groups excluding carboxylic acids is 1. The van der Waals surface area contributed by atoms with Crippen molar-refractivity contribution in [3.8, 4) is 0 Å². The normalized spacial score (nSPS) is 8.19. The molecule has 6 heteroatoms. The largest absolute Gasteiger partial charge is 0.462 e. The molecule has 1 N–H and O–H groups in total. The number of carbonyl (C=O) groups is 1. The van der Waals surface area contributed by atoms with E-state index in [0.29, 0.717) is 16.8 Å².